The first-order chi connectivity index (χ1) is 13.0. The number of aromatic nitrogens is 2. The number of hydrogen-bond donors (Lipinski definition) is 1. The van der Waals surface area contributed by atoms with E-state index >= 15 is 0 Å². The number of carboxylic acid groups (broad SMARTS) is 1. The smallest absolute Gasteiger partial charge is 0.339 e. The third-order valence-corrected chi connectivity index (χ3v) is 4.34. The van der Waals surface area contributed by atoms with Gasteiger partial charge in [-0.25, -0.2) is 14.8 Å². The van der Waals surface area contributed by atoms with Gasteiger partial charge in [0.05, 0.1) is 21.8 Å². The van der Waals surface area contributed by atoms with Gasteiger partial charge in [0.1, 0.15) is 18.4 Å². The van der Waals surface area contributed by atoms with E-state index in [0.717, 1.165) is 0 Å². The fourth-order valence-corrected chi connectivity index (χ4v) is 2.70. The van der Waals surface area contributed by atoms with Crippen LogP contribution >= 0.6 is 11.6 Å². The summed E-state index contributed by atoms with van der Waals surface area (Å²) in [6, 6.07) is 14.4. The second-order valence-electron chi connectivity index (χ2n) is 5.70. The zero-order valence-corrected chi connectivity index (χ0v) is 15.1. The maximum atomic E-state index is 11.1. The molecule has 1 N–H and O–H groups in total. The van der Waals surface area contributed by atoms with Crippen LogP contribution in [0.25, 0.3) is 11.4 Å². The first-order valence-corrected chi connectivity index (χ1v) is 8.35. The molecule has 3 aromatic rings. The minimum absolute atomic E-state index is 0.0678. The van der Waals surface area contributed by atoms with E-state index in [2.05, 4.69) is 9.97 Å². The number of rotatable bonds is 5. The van der Waals surface area contributed by atoms with E-state index in [1.807, 2.05) is 12.1 Å². The van der Waals surface area contributed by atoms with Gasteiger partial charge in [-0.15, -0.1) is 0 Å². The lowest BCUT2D eigenvalue weighted by molar-refractivity contribution is 0.0695. The van der Waals surface area contributed by atoms with Crippen LogP contribution in [0.15, 0.2) is 48.7 Å². The van der Waals surface area contributed by atoms with Crippen LogP contribution in [0.3, 0.4) is 0 Å². The molecule has 0 saturated heterocycles. The summed E-state index contributed by atoms with van der Waals surface area (Å²) < 4.78 is 5.78. The summed E-state index contributed by atoms with van der Waals surface area (Å²) in [5.74, 6) is -0.0745. The van der Waals surface area contributed by atoms with Crippen molar-refractivity contribution in [2.75, 3.05) is 0 Å². The van der Waals surface area contributed by atoms with E-state index in [4.69, 9.17) is 26.7 Å². The van der Waals surface area contributed by atoms with Crippen molar-refractivity contribution < 1.29 is 14.6 Å². The molecule has 134 valence electrons. The SMILES string of the molecule is Cc1nc(-c2cccc(OCc3cccc(C#N)c3Cl)c2)ncc1C(=O)O. The molecule has 1 aromatic heterocycles. The van der Waals surface area contributed by atoms with Crippen molar-refractivity contribution in [2.45, 2.75) is 13.5 Å². The molecule has 2 aromatic carbocycles. The minimum Gasteiger partial charge on any atom is -0.489 e. The Hall–Kier alpha value is -3.43. The first-order valence-electron chi connectivity index (χ1n) is 7.97. The molecule has 0 amide bonds. The fraction of sp³-hybridized carbons (Fsp3) is 0.100. The van der Waals surface area contributed by atoms with Crippen molar-refractivity contribution in [1.29, 1.82) is 5.26 Å². The predicted molar refractivity (Wildman–Crippen MR) is 99.7 cm³/mol. The number of benzene rings is 2. The summed E-state index contributed by atoms with van der Waals surface area (Å²) in [5.41, 5.74) is 2.26. The summed E-state index contributed by atoms with van der Waals surface area (Å²) in [5, 5.41) is 18.5. The average Bonchev–Trinajstić information content (AvgIpc) is 2.67. The summed E-state index contributed by atoms with van der Waals surface area (Å²) in [6.45, 7) is 1.83. The van der Waals surface area contributed by atoms with Crippen LogP contribution in [0.4, 0.5) is 0 Å². The van der Waals surface area contributed by atoms with Gasteiger partial charge in [0.15, 0.2) is 5.82 Å². The Bertz CT molecular complexity index is 1060. The number of halogens is 1. The van der Waals surface area contributed by atoms with Crippen molar-refractivity contribution in [3.05, 3.63) is 76.1 Å². The van der Waals surface area contributed by atoms with Gasteiger partial charge in [-0.2, -0.15) is 5.26 Å². The number of aromatic carboxylic acids is 1. The Kier molecular flexibility index (Phi) is 5.34. The van der Waals surface area contributed by atoms with Crippen LogP contribution in [-0.2, 0) is 6.61 Å². The molecule has 0 radical (unpaired) electrons. The molecule has 0 bridgehead atoms. The Morgan fingerprint density at radius 2 is 2.07 bits per heavy atom. The highest BCUT2D eigenvalue weighted by molar-refractivity contribution is 6.32. The molecule has 6 nitrogen and oxygen atoms in total. The molecule has 0 aliphatic carbocycles. The van der Waals surface area contributed by atoms with E-state index in [0.29, 0.717) is 39.0 Å². The molecular weight excluding hydrogens is 366 g/mol. The second kappa shape index (κ2) is 7.85. The van der Waals surface area contributed by atoms with Gasteiger partial charge in [0.25, 0.3) is 0 Å². The molecule has 1 heterocycles. The molecule has 0 saturated carbocycles. The highest BCUT2D eigenvalue weighted by Gasteiger charge is 2.12. The van der Waals surface area contributed by atoms with E-state index in [-0.39, 0.29) is 12.2 Å². The van der Waals surface area contributed by atoms with Gasteiger partial charge in [-0.3, -0.25) is 0 Å². The van der Waals surface area contributed by atoms with E-state index in [1.54, 1.807) is 43.3 Å². The van der Waals surface area contributed by atoms with Crippen molar-refractivity contribution in [3.8, 4) is 23.2 Å². The molecule has 7 heteroatoms. The van der Waals surface area contributed by atoms with Gasteiger partial charge >= 0.3 is 5.97 Å². The zero-order chi connectivity index (χ0) is 19.4. The number of carboxylic acids is 1. The quantitative estimate of drug-likeness (QED) is 0.711. The number of aryl methyl sites for hydroxylation is 1. The molecule has 0 aliphatic heterocycles. The third-order valence-electron chi connectivity index (χ3n) is 3.90. The monoisotopic (exact) mass is 379 g/mol. The molecule has 0 fully saturated rings. The molecule has 27 heavy (non-hydrogen) atoms. The van der Waals surface area contributed by atoms with Crippen LogP contribution in [0, 0.1) is 18.3 Å². The number of ether oxygens (including phenoxy) is 1. The first kappa shape index (κ1) is 18.4. The Morgan fingerprint density at radius 1 is 1.30 bits per heavy atom. The highest BCUT2D eigenvalue weighted by atomic mass is 35.5. The van der Waals surface area contributed by atoms with Crippen molar-refractivity contribution in [1.82, 2.24) is 9.97 Å². The maximum Gasteiger partial charge on any atom is 0.339 e. The summed E-state index contributed by atoms with van der Waals surface area (Å²) >= 11 is 6.19. The lowest BCUT2D eigenvalue weighted by Gasteiger charge is -2.10. The van der Waals surface area contributed by atoms with Gasteiger partial charge < -0.3 is 9.84 Å². The Balaban J connectivity index is 1.82. The van der Waals surface area contributed by atoms with Crippen LogP contribution in [-0.4, -0.2) is 21.0 Å². The predicted octanol–water partition coefficient (Wildman–Crippen LogP) is 4.25. The van der Waals surface area contributed by atoms with Gasteiger partial charge in [0.2, 0.25) is 0 Å². The molecule has 0 aliphatic rings. The average molecular weight is 380 g/mol. The third kappa shape index (κ3) is 4.05. The van der Waals surface area contributed by atoms with Crippen molar-refractivity contribution in [3.63, 3.8) is 0 Å². The molecular formula is C20H14ClN3O3. The lowest BCUT2D eigenvalue weighted by atomic mass is 10.1. The summed E-state index contributed by atoms with van der Waals surface area (Å²) in [4.78, 5) is 19.5. The zero-order valence-electron chi connectivity index (χ0n) is 14.3. The maximum absolute atomic E-state index is 11.1. The molecule has 0 unspecified atom stereocenters. The van der Waals surface area contributed by atoms with Crippen LogP contribution in [0.5, 0.6) is 5.75 Å². The highest BCUT2D eigenvalue weighted by Crippen LogP contribution is 2.25. The van der Waals surface area contributed by atoms with Crippen LogP contribution in [0.2, 0.25) is 5.02 Å². The topological polar surface area (TPSA) is 96.1 Å². The molecule has 0 atom stereocenters. The second-order valence-corrected chi connectivity index (χ2v) is 6.08. The molecule has 0 spiro atoms. The Morgan fingerprint density at radius 3 is 2.78 bits per heavy atom. The summed E-state index contributed by atoms with van der Waals surface area (Å²) in [6.07, 6.45) is 1.29. The standard InChI is InChI=1S/C20H14ClN3O3/c1-12-17(20(25)26)10-23-19(24-12)13-4-3-7-16(8-13)27-11-15-6-2-5-14(9-22)18(15)21/h2-8,10H,11H2,1H3,(H,25,26). The van der Waals surface area contributed by atoms with Gasteiger partial charge in [0, 0.05) is 17.3 Å². The lowest BCUT2D eigenvalue weighted by Crippen LogP contribution is -2.04. The van der Waals surface area contributed by atoms with E-state index in [9.17, 15) is 4.79 Å². The Labute approximate surface area is 160 Å². The number of nitrogens with zero attached hydrogens (tertiary/aromatic N) is 3. The van der Waals surface area contributed by atoms with Gasteiger partial charge in [-0.05, 0) is 25.1 Å². The van der Waals surface area contributed by atoms with Gasteiger partial charge in [-0.1, -0.05) is 35.9 Å². The summed E-state index contributed by atoms with van der Waals surface area (Å²) in [7, 11) is 0. The number of hydrogen-bond acceptors (Lipinski definition) is 5. The van der Waals surface area contributed by atoms with Crippen molar-refractivity contribution in [2.24, 2.45) is 0 Å². The van der Waals surface area contributed by atoms with Crippen LogP contribution in [0.1, 0.15) is 27.2 Å². The minimum atomic E-state index is -1.06. The fourth-order valence-electron chi connectivity index (χ4n) is 2.48. The number of nitriles is 1. The largest absolute Gasteiger partial charge is 0.489 e. The molecule has 3 rings (SSSR count). The van der Waals surface area contributed by atoms with E-state index in [1.165, 1.54) is 6.20 Å². The number of carbonyl (C=O) groups is 1. The van der Waals surface area contributed by atoms with Crippen molar-refractivity contribution >= 4 is 17.6 Å². The normalized spacial score (nSPS) is 10.3. The van der Waals surface area contributed by atoms with E-state index < -0.39 is 5.97 Å². The van der Waals surface area contributed by atoms with Crippen LogP contribution < -0.4 is 4.74 Å².